The summed E-state index contributed by atoms with van der Waals surface area (Å²) in [5.74, 6) is 0.240. The van der Waals surface area contributed by atoms with Crippen LogP contribution in [0.25, 0.3) is 0 Å². The van der Waals surface area contributed by atoms with Gasteiger partial charge in [0.15, 0.2) is 0 Å². The van der Waals surface area contributed by atoms with Gasteiger partial charge in [0.1, 0.15) is 0 Å². The largest absolute Gasteiger partial charge is 0.356 e. The maximum atomic E-state index is 11.9. The molecule has 102 valence electrons. The van der Waals surface area contributed by atoms with E-state index in [9.17, 15) is 9.59 Å². The fraction of sp³-hybridized carbons (Fsp3) is 0.846. The Hall–Kier alpha value is -1.10. The normalized spacial score (nSPS) is 29.3. The maximum absolute atomic E-state index is 11.9. The second kappa shape index (κ2) is 6.18. The van der Waals surface area contributed by atoms with E-state index in [1.165, 1.54) is 6.42 Å². The van der Waals surface area contributed by atoms with Crippen molar-refractivity contribution in [2.24, 2.45) is 5.92 Å². The minimum Gasteiger partial charge on any atom is -0.356 e. The predicted molar refractivity (Wildman–Crippen MR) is 69.0 cm³/mol. The van der Waals surface area contributed by atoms with Crippen LogP contribution in [0.2, 0.25) is 0 Å². The summed E-state index contributed by atoms with van der Waals surface area (Å²) in [6.45, 7) is 3.18. The number of nitrogens with one attached hydrogen (secondary N) is 3. The van der Waals surface area contributed by atoms with Crippen molar-refractivity contribution >= 4 is 11.8 Å². The van der Waals surface area contributed by atoms with Crippen molar-refractivity contribution in [3.63, 3.8) is 0 Å². The average Bonchev–Trinajstić information content (AvgIpc) is 2.98. The molecule has 3 N–H and O–H groups in total. The van der Waals surface area contributed by atoms with Crippen LogP contribution in [0.4, 0.5) is 0 Å². The Morgan fingerprint density at radius 3 is 2.67 bits per heavy atom. The van der Waals surface area contributed by atoms with Crippen LogP contribution in [-0.2, 0) is 9.59 Å². The van der Waals surface area contributed by atoms with Crippen molar-refractivity contribution in [3.05, 3.63) is 0 Å². The number of carbonyl (C=O) groups excluding carboxylic acids is 2. The zero-order chi connectivity index (χ0) is 13.0. The lowest BCUT2D eigenvalue weighted by atomic mass is 9.88. The number of hydrogen-bond acceptors (Lipinski definition) is 3. The molecule has 0 aromatic heterocycles. The molecule has 18 heavy (non-hydrogen) atoms. The molecule has 0 radical (unpaired) electrons. The van der Waals surface area contributed by atoms with E-state index in [2.05, 4.69) is 16.0 Å². The third-order valence-electron chi connectivity index (χ3n) is 3.86. The van der Waals surface area contributed by atoms with Gasteiger partial charge in [-0.25, -0.2) is 0 Å². The molecule has 0 aromatic carbocycles. The number of fused-ring (bicyclic) bond motifs is 2. The number of rotatable bonds is 6. The van der Waals surface area contributed by atoms with Crippen molar-refractivity contribution in [2.45, 2.75) is 51.1 Å². The molecule has 0 aliphatic carbocycles. The van der Waals surface area contributed by atoms with Crippen LogP contribution in [0.15, 0.2) is 0 Å². The lowest BCUT2D eigenvalue weighted by Gasteiger charge is -2.19. The van der Waals surface area contributed by atoms with Crippen LogP contribution in [0.5, 0.6) is 0 Å². The second-order valence-electron chi connectivity index (χ2n) is 5.28. The first kappa shape index (κ1) is 13.3. The van der Waals surface area contributed by atoms with Gasteiger partial charge in [-0.3, -0.25) is 9.59 Å². The van der Waals surface area contributed by atoms with Crippen LogP contribution >= 0.6 is 0 Å². The molecule has 2 fully saturated rings. The molecule has 0 spiro atoms. The van der Waals surface area contributed by atoms with Gasteiger partial charge < -0.3 is 16.0 Å². The third-order valence-corrected chi connectivity index (χ3v) is 3.86. The number of amides is 2. The molecule has 3 atom stereocenters. The van der Waals surface area contributed by atoms with Gasteiger partial charge >= 0.3 is 0 Å². The SMILES string of the molecule is CCCNC(=O)CCNC(=O)C1CC2CCC1N2. The first-order chi connectivity index (χ1) is 8.70. The zero-order valence-electron chi connectivity index (χ0n) is 11.0. The summed E-state index contributed by atoms with van der Waals surface area (Å²) in [6.07, 6.45) is 4.58. The molecule has 2 heterocycles. The van der Waals surface area contributed by atoms with Crippen molar-refractivity contribution < 1.29 is 9.59 Å². The summed E-state index contributed by atoms with van der Waals surface area (Å²) in [4.78, 5) is 23.3. The minimum atomic E-state index is 0.0169. The fourth-order valence-corrected chi connectivity index (χ4v) is 2.90. The topological polar surface area (TPSA) is 70.2 Å². The Morgan fingerprint density at radius 1 is 1.22 bits per heavy atom. The molecule has 2 amide bonds. The van der Waals surface area contributed by atoms with Crippen LogP contribution in [0, 0.1) is 5.92 Å². The quantitative estimate of drug-likeness (QED) is 0.631. The highest BCUT2D eigenvalue weighted by atomic mass is 16.2. The Balaban J connectivity index is 1.62. The molecular weight excluding hydrogens is 230 g/mol. The average molecular weight is 253 g/mol. The van der Waals surface area contributed by atoms with Crippen LogP contribution in [0.1, 0.15) is 39.0 Å². The molecule has 5 nitrogen and oxygen atoms in total. The Kier molecular flexibility index (Phi) is 4.58. The van der Waals surface area contributed by atoms with E-state index in [4.69, 9.17) is 0 Å². The minimum absolute atomic E-state index is 0.0169. The summed E-state index contributed by atoms with van der Waals surface area (Å²) >= 11 is 0. The van der Waals surface area contributed by atoms with Crippen molar-refractivity contribution in [1.29, 1.82) is 0 Å². The monoisotopic (exact) mass is 253 g/mol. The second-order valence-corrected chi connectivity index (χ2v) is 5.28. The standard InChI is InChI=1S/C13H23N3O2/c1-2-6-14-12(17)5-7-15-13(18)10-8-9-3-4-11(10)16-9/h9-11,16H,2-8H2,1H3,(H,14,17)(H,15,18). The van der Waals surface area contributed by atoms with Gasteiger partial charge in [0, 0.05) is 31.6 Å². The highest BCUT2D eigenvalue weighted by Crippen LogP contribution is 2.33. The summed E-state index contributed by atoms with van der Waals surface area (Å²) in [7, 11) is 0. The molecular formula is C13H23N3O2. The van der Waals surface area contributed by atoms with Gasteiger partial charge in [-0.15, -0.1) is 0 Å². The summed E-state index contributed by atoms with van der Waals surface area (Å²) in [6, 6.07) is 0.905. The number of hydrogen-bond donors (Lipinski definition) is 3. The van der Waals surface area contributed by atoms with Gasteiger partial charge in [0.2, 0.25) is 11.8 Å². The van der Waals surface area contributed by atoms with Crippen molar-refractivity contribution in [1.82, 2.24) is 16.0 Å². The van der Waals surface area contributed by atoms with Gasteiger partial charge in [-0.1, -0.05) is 6.92 Å². The van der Waals surface area contributed by atoms with Crippen molar-refractivity contribution in [3.8, 4) is 0 Å². The van der Waals surface area contributed by atoms with E-state index < -0.39 is 0 Å². The summed E-state index contributed by atoms with van der Waals surface area (Å²) < 4.78 is 0. The number of carbonyl (C=O) groups is 2. The first-order valence-electron chi connectivity index (χ1n) is 7.01. The molecule has 5 heteroatoms. The van der Waals surface area contributed by atoms with Crippen molar-refractivity contribution in [2.75, 3.05) is 13.1 Å². The van der Waals surface area contributed by atoms with E-state index >= 15 is 0 Å². The molecule has 2 aliphatic heterocycles. The van der Waals surface area contributed by atoms with Gasteiger partial charge in [-0.2, -0.15) is 0 Å². The Bertz CT molecular complexity index is 319. The van der Waals surface area contributed by atoms with Gasteiger partial charge in [0.25, 0.3) is 0 Å². The lowest BCUT2D eigenvalue weighted by Crippen LogP contribution is -2.39. The Labute approximate surface area is 108 Å². The molecule has 0 aromatic rings. The first-order valence-corrected chi connectivity index (χ1v) is 7.01. The van der Waals surface area contributed by atoms with Gasteiger partial charge in [0.05, 0.1) is 5.92 Å². The molecule has 2 saturated heterocycles. The molecule has 2 aliphatic rings. The molecule has 2 rings (SSSR count). The maximum Gasteiger partial charge on any atom is 0.224 e. The summed E-state index contributed by atoms with van der Waals surface area (Å²) in [5.41, 5.74) is 0. The highest BCUT2D eigenvalue weighted by molar-refractivity contribution is 5.81. The van der Waals surface area contributed by atoms with Gasteiger partial charge in [-0.05, 0) is 25.7 Å². The Morgan fingerprint density at radius 2 is 2.06 bits per heavy atom. The lowest BCUT2D eigenvalue weighted by molar-refractivity contribution is -0.125. The third kappa shape index (κ3) is 3.22. The predicted octanol–water partition coefficient (Wildman–Crippen LogP) is 0.159. The van der Waals surface area contributed by atoms with E-state index in [-0.39, 0.29) is 17.7 Å². The zero-order valence-corrected chi connectivity index (χ0v) is 11.0. The smallest absolute Gasteiger partial charge is 0.224 e. The van der Waals surface area contributed by atoms with E-state index in [1.54, 1.807) is 0 Å². The molecule has 3 unspecified atom stereocenters. The van der Waals surface area contributed by atoms with E-state index in [0.717, 1.165) is 19.3 Å². The molecule has 0 saturated carbocycles. The fourth-order valence-electron chi connectivity index (χ4n) is 2.90. The van der Waals surface area contributed by atoms with Crippen LogP contribution in [-0.4, -0.2) is 37.0 Å². The highest BCUT2D eigenvalue weighted by Gasteiger charge is 2.42. The van der Waals surface area contributed by atoms with Crippen LogP contribution < -0.4 is 16.0 Å². The summed E-state index contributed by atoms with van der Waals surface area (Å²) in [5, 5.41) is 9.12. The van der Waals surface area contributed by atoms with Crippen LogP contribution in [0.3, 0.4) is 0 Å². The van der Waals surface area contributed by atoms with E-state index in [1.807, 2.05) is 6.92 Å². The molecule has 2 bridgehead atoms. The van der Waals surface area contributed by atoms with E-state index in [0.29, 0.717) is 31.6 Å².